The summed E-state index contributed by atoms with van der Waals surface area (Å²) in [6.45, 7) is 2.06. The first-order chi connectivity index (χ1) is 7.77. The minimum Gasteiger partial charge on any atom is -0.308 e. The van der Waals surface area contributed by atoms with Gasteiger partial charge in [-0.05, 0) is 40.5 Å². The number of halogens is 1. The Balaban J connectivity index is 2.67. The number of pyridine rings is 1. The molecule has 2 heterocycles. The lowest BCUT2D eigenvalue weighted by Crippen LogP contribution is -2.03. The van der Waals surface area contributed by atoms with Crippen molar-refractivity contribution in [3.63, 3.8) is 0 Å². The molecule has 0 saturated carbocycles. The van der Waals surface area contributed by atoms with Crippen molar-refractivity contribution < 1.29 is 4.79 Å². The molecule has 2 aromatic rings. The zero-order valence-electron chi connectivity index (χ0n) is 8.85. The van der Waals surface area contributed by atoms with E-state index in [9.17, 15) is 4.79 Å². The van der Waals surface area contributed by atoms with Crippen molar-refractivity contribution in [2.24, 2.45) is 0 Å². The van der Waals surface area contributed by atoms with E-state index in [4.69, 9.17) is 0 Å². The third-order valence-corrected chi connectivity index (χ3v) is 3.12. The van der Waals surface area contributed by atoms with Crippen LogP contribution >= 0.6 is 15.9 Å². The van der Waals surface area contributed by atoms with Crippen LogP contribution in [0.25, 0.3) is 5.69 Å². The van der Waals surface area contributed by atoms with Crippen molar-refractivity contribution in [2.45, 2.75) is 13.3 Å². The van der Waals surface area contributed by atoms with E-state index in [1.807, 2.05) is 22.8 Å². The summed E-state index contributed by atoms with van der Waals surface area (Å²) in [5.74, 6) is 0. The maximum Gasteiger partial charge on any atom is 0.166 e. The summed E-state index contributed by atoms with van der Waals surface area (Å²) in [5.41, 5.74) is 2.62. The van der Waals surface area contributed by atoms with Gasteiger partial charge in [0, 0.05) is 16.4 Å². The van der Waals surface area contributed by atoms with Gasteiger partial charge in [0.15, 0.2) is 6.29 Å². The number of hydrogen-bond acceptors (Lipinski definition) is 2. The summed E-state index contributed by atoms with van der Waals surface area (Å²) in [5, 5.41) is 0. The van der Waals surface area contributed by atoms with Crippen molar-refractivity contribution in [3.05, 3.63) is 46.5 Å². The van der Waals surface area contributed by atoms with Crippen LogP contribution in [-0.4, -0.2) is 15.8 Å². The number of rotatable bonds is 3. The molecule has 0 saturated heterocycles. The lowest BCUT2D eigenvalue weighted by atomic mass is 10.3. The van der Waals surface area contributed by atoms with Crippen molar-refractivity contribution in [1.82, 2.24) is 9.55 Å². The van der Waals surface area contributed by atoms with Gasteiger partial charge in [0.05, 0.1) is 17.6 Å². The molecule has 0 bridgehead atoms. The quantitative estimate of drug-likeness (QED) is 0.809. The van der Waals surface area contributed by atoms with Gasteiger partial charge in [-0.25, -0.2) is 0 Å². The fraction of sp³-hybridized carbons (Fsp3) is 0.167. The van der Waals surface area contributed by atoms with Gasteiger partial charge in [-0.3, -0.25) is 9.78 Å². The molecule has 2 rings (SSSR count). The molecule has 0 N–H and O–H groups in total. The van der Waals surface area contributed by atoms with Gasteiger partial charge >= 0.3 is 0 Å². The van der Waals surface area contributed by atoms with Gasteiger partial charge in [0.1, 0.15) is 0 Å². The molecule has 0 aromatic carbocycles. The maximum absolute atomic E-state index is 11.0. The zero-order valence-corrected chi connectivity index (χ0v) is 10.4. The highest BCUT2D eigenvalue weighted by Crippen LogP contribution is 2.25. The van der Waals surface area contributed by atoms with Crippen LogP contribution in [0.1, 0.15) is 23.1 Å². The van der Waals surface area contributed by atoms with Crippen LogP contribution in [0.15, 0.2) is 35.1 Å². The number of hydrogen-bond donors (Lipinski definition) is 0. The molecule has 0 aliphatic carbocycles. The van der Waals surface area contributed by atoms with Gasteiger partial charge < -0.3 is 4.57 Å². The van der Waals surface area contributed by atoms with E-state index in [0.29, 0.717) is 5.69 Å². The monoisotopic (exact) mass is 278 g/mol. The molecule has 0 fully saturated rings. The standard InChI is InChI=1S/C12H11BrN2O/c1-2-12-11(13)6-10(8-16)15(12)9-4-3-5-14-7-9/h3-8H,2H2,1H3. The fourth-order valence-electron chi connectivity index (χ4n) is 1.74. The van der Waals surface area contributed by atoms with E-state index >= 15 is 0 Å². The molecular formula is C12H11BrN2O. The van der Waals surface area contributed by atoms with Gasteiger partial charge in [-0.1, -0.05) is 6.92 Å². The number of nitrogens with zero attached hydrogens (tertiary/aromatic N) is 2. The lowest BCUT2D eigenvalue weighted by Gasteiger charge is -2.09. The highest BCUT2D eigenvalue weighted by molar-refractivity contribution is 9.10. The number of aldehydes is 1. The zero-order chi connectivity index (χ0) is 11.5. The SMILES string of the molecule is CCc1c(Br)cc(C=O)n1-c1cccnc1. The Labute approximate surface area is 102 Å². The molecule has 0 spiro atoms. The Hall–Kier alpha value is -1.42. The van der Waals surface area contributed by atoms with Crippen LogP contribution in [0, 0.1) is 0 Å². The Morgan fingerprint density at radius 1 is 1.56 bits per heavy atom. The minimum absolute atomic E-state index is 0.636. The van der Waals surface area contributed by atoms with Crippen LogP contribution in [0.3, 0.4) is 0 Å². The lowest BCUT2D eigenvalue weighted by molar-refractivity contribution is 0.111. The van der Waals surface area contributed by atoms with Crippen molar-refractivity contribution >= 4 is 22.2 Å². The first kappa shape index (κ1) is 11.1. The summed E-state index contributed by atoms with van der Waals surface area (Å²) in [6.07, 6.45) is 5.17. The third kappa shape index (κ3) is 1.80. The molecule has 16 heavy (non-hydrogen) atoms. The molecule has 0 aliphatic heterocycles. The Bertz CT molecular complexity index is 505. The van der Waals surface area contributed by atoms with E-state index < -0.39 is 0 Å². The average molecular weight is 279 g/mol. The Kier molecular flexibility index (Phi) is 3.19. The molecule has 82 valence electrons. The first-order valence-electron chi connectivity index (χ1n) is 5.03. The predicted molar refractivity (Wildman–Crippen MR) is 66.0 cm³/mol. The van der Waals surface area contributed by atoms with Crippen LogP contribution in [0.5, 0.6) is 0 Å². The average Bonchev–Trinajstić information content (AvgIpc) is 2.66. The van der Waals surface area contributed by atoms with E-state index in [0.717, 1.165) is 28.6 Å². The van der Waals surface area contributed by atoms with Gasteiger partial charge in [0.2, 0.25) is 0 Å². The number of aromatic nitrogens is 2. The molecule has 2 aromatic heterocycles. The largest absolute Gasteiger partial charge is 0.308 e. The second kappa shape index (κ2) is 4.61. The molecule has 0 radical (unpaired) electrons. The Morgan fingerprint density at radius 3 is 2.94 bits per heavy atom. The van der Waals surface area contributed by atoms with Crippen molar-refractivity contribution in [1.29, 1.82) is 0 Å². The normalized spacial score (nSPS) is 10.4. The Morgan fingerprint density at radius 2 is 2.38 bits per heavy atom. The second-order valence-corrected chi connectivity index (χ2v) is 4.24. The van der Waals surface area contributed by atoms with Gasteiger partial charge in [-0.15, -0.1) is 0 Å². The van der Waals surface area contributed by atoms with Crippen molar-refractivity contribution in [3.8, 4) is 5.69 Å². The van der Waals surface area contributed by atoms with Crippen LogP contribution in [-0.2, 0) is 6.42 Å². The fourth-order valence-corrected chi connectivity index (χ4v) is 2.44. The van der Waals surface area contributed by atoms with E-state index in [2.05, 4.69) is 27.8 Å². The first-order valence-corrected chi connectivity index (χ1v) is 5.83. The van der Waals surface area contributed by atoms with Crippen LogP contribution in [0.4, 0.5) is 0 Å². The minimum atomic E-state index is 0.636. The van der Waals surface area contributed by atoms with Crippen LogP contribution < -0.4 is 0 Å². The van der Waals surface area contributed by atoms with Crippen LogP contribution in [0.2, 0.25) is 0 Å². The summed E-state index contributed by atoms with van der Waals surface area (Å²) in [7, 11) is 0. The number of carbonyl (C=O) groups is 1. The summed E-state index contributed by atoms with van der Waals surface area (Å²) in [6, 6.07) is 5.63. The summed E-state index contributed by atoms with van der Waals surface area (Å²) in [4.78, 5) is 15.1. The predicted octanol–water partition coefficient (Wildman–Crippen LogP) is 3.01. The molecule has 3 nitrogen and oxygen atoms in total. The summed E-state index contributed by atoms with van der Waals surface area (Å²) < 4.78 is 2.88. The van der Waals surface area contributed by atoms with E-state index in [-0.39, 0.29) is 0 Å². The van der Waals surface area contributed by atoms with Gasteiger partial charge in [-0.2, -0.15) is 0 Å². The van der Waals surface area contributed by atoms with Crippen molar-refractivity contribution in [2.75, 3.05) is 0 Å². The van der Waals surface area contributed by atoms with E-state index in [1.54, 1.807) is 12.4 Å². The molecular weight excluding hydrogens is 268 g/mol. The number of carbonyl (C=O) groups excluding carboxylic acids is 1. The smallest absolute Gasteiger partial charge is 0.166 e. The third-order valence-electron chi connectivity index (χ3n) is 2.44. The highest BCUT2D eigenvalue weighted by Gasteiger charge is 2.12. The second-order valence-electron chi connectivity index (χ2n) is 3.38. The van der Waals surface area contributed by atoms with Gasteiger partial charge in [0.25, 0.3) is 0 Å². The topological polar surface area (TPSA) is 34.9 Å². The molecule has 0 unspecified atom stereocenters. The molecule has 0 aliphatic rings. The highest BCUT2D eigenvalue weighted by atomic mass is 79.9. The molecule has 4 heteroatoms. The summed E-state index contributed by atoms with van der Waals surface area (Å²) >= 11 is 3.47. The molecule has 0 atom stereocenters. The van der Waals surface area contributed by atoms with E-state index in [1.165, 1.54) is 0 Å². The molecule has 0 amide bonds. The maximum atomic E-state index is 11.0.